The highest BCUT2D eigenvalue weighted by Gasteiger charge is 2.33. The molecule has 0 amide bonds. The van der Waals surface area contributed by atoms with Crippen LogP contribution in [0.5, 0.6) is 0 Å². The maximum absolute atomic E-state index is 13.0. The quantitative estimate of drug-likeness (QED) is 0.621. The Labute approximate surface area is 122 Å². The van der Waals surface area contributed by atoms with E-state index >= 15 is 0 Å². The van der Waals surface area contributed by atoms with E-state index in [0.717, 1.165) is 12.7 Å². The fourth-order valence-electron chi connectivity index (χ4n) is 2.12. The summed E-state index contributed by atoms with van der Waals surface area (Å²) in [6, 6.07) is 3.94. The third-order valence-corrected chi connectivity index (χ3v) is 3.55. The molecule has 1 aliphatic carbocycles. The maximum atomic E-state index is 13.0. The summed E-state index contributed by atoms with van der Waals surface area (Å²) >= 11 is 0. The first-order valence-electron chi connectivity index (χ1n) is 7.08. The van der Waals surface area contributed by atoms with Gasteiger partial charge in [0.05, 0.1) is 12.2 Å². The molecular weight excluding hydrogens is 281 g/mol. The Hall–Kier alpha value is -1.27. The molecule has 0 bridgehead atoms. The van der Waals surface area contributed by atoms with Gasteiger partial charge in [0.25, 0.3) is 0 Å². The summed E-state index contributed by atoms with van der Waals surface area (Å²) in [4.78, 5) is 1.83. The van der Waals surface area contributed by atoms with E-state index < -0.39 is 11.7 Å². The molecular formula is C15H21F3N2O. The Morgan fingerprint density at radius 1 is 1.33 bits per heavy atom. The monoisotopic (exact) mass is 302 g/mol. The second kappa shape index (κ2) is 6.66. The van der Waals surface area contributed by atoms with Crippen molar-refractivity contribution in [3.8, 4) is 0 Å². The number of benzene rings is 1. The number of anilines is 1. The Morgan fingerprint density at radius 2 is 2.05 bits per heavy atom. The van der Waals surface area contributed by atoms with Crippen LogP contribution in [0.15, 0.2) is 18.2 Å². The van der Waals surface area contributed by atoms with Crippen LogP contribution in [0.25, 0.3) is 0 Å². The lowest BCUT2D eigenvalue weighted by atomic mass is 10.1. The molecule has 0 aliphatic heterocycles. The molecule has 0 radical (unpaired) electrons. The summed E-state index contributed by atoms with van der Waals surface area (Å²) in [5.74, 6) is 0.698. The Bertz CT molecular complexity index is 472. The zero-order valence-corrected chi connectivity index (χ0v) is 12.1. The van der Waals surface area contributed by atoms with E-state index in [1.165, 1.54) is 25.0 Å². The summed E-state index contributed by atoms with van der Waals surface area (Å²) in [5.41, 5.74) is 5.16. The third kappa shape index (κ3) is 5.21. The van der Waals surface area contributed by atoms with Gasteiger partial charge in [0.1, 0.15) is 0 Å². The lowest BCUT2D eigenvalue weighted by molar-refractivity contribution is -0.138. The van der Waals surface area contributed by atoms with Gasteiger partial charge in [0, 0.05) is 25.4 Å². The maximum Gasteiger partial charge on any atom is 0.416 e. The van der Waals surface area contributed by atoms with E-state index in [4.69, 9.17) is 10.5 Å². The molecule has 0 atom stereocenters. The molecule has 0 spiro atoms. The Balaban J connectivity index is 1.88. The fourth-order valence-corrected chi connectivity index (χ4v) is 2.12. The van der Waals surface area contributed by atoms with Crippen molar-refractivity contribution >= 4 is 5.69 Å². The average Bonchev–Trinajstić information content (AvgIpc) is 3.20. The van der Waals surface area contributed by atoms with Crippen molar-refractivity contribution in [2.45, 2.75) is 25.6 Å². The molecule has 0 saturated heterocycles. The van der Waals surface area contributed by atoms with Crippen LogP contribution in [0.1, 0.15) is 24.0 Å². The molecule has 0 unspecified atom stereocenters. The Morgan fingerprint density at radius 3 is 2.67 bits per heavy atom. The van der Waals surface area contributed by atoms with Gasteiger partial charge in [-0.2, -0.15) is 13.2 Å². The van der Waals surface area contributed by atoms with Crippen LogP contribution in [0.4, 0.5) is 18.9 Å². The van der Waals surface area contributed by atoms with Crippen LogP contribution >= 0.6 is 0 Å². The van der Waals surface area contributed by atoms with Crippen molar-refractivity contribution in [3.05, 3.63) is 29.3 Å². The highest BCUT2D eigenvalue weighted by molar-refractivity contribution is 5.46. The largest absolute Gasteiger partial charge is 0.416 e. The number of ether oxygens (including phenoxy) is 1. The predicted octanol–water partition coefficient (Wildman–Crippen LogP) is 3.15. The molecule has 2 rings (SSSR count). The smallest absolute Gasteiger partial charge is 0.399 e. The predicted molar refractivity (Wildman–Crippen MR) is 75.7 cm³/mol. The van der Waals surface area contributed by atoms with E-state index in [2.05, 4.69) is 0 Å². The molecule has 2 N–H and O–H groups in total. The van der Waals surface area contributed by atoms with Crippen molar-refractivity contribution in [2.24, 2.45) is 5.92 Å². The number of rotatable bonds is 7. The van der Waals surface area contributed by atoms with Gasteiger partial charge < -0.3 is 10.5 Å². The molecule has 1 aromatic carbocycles. The number of hydrogen-bond acceptors (Lipinski definition) is 3. The average molecular weight is 302 g/mol. The minimum Gasteiger partial charge on any atom is -0.399 e. The summed E-state index contributed by atoms with van der Waals surface area (Å²) in [6.07, 6.45) is -1.92. The highest BCUT2D eigenvalue weighted by atomic mass is 19.4. The minimum absolute atomic E-state index is 0.126. The van der Waals surface area contributed by atoms with Crippen molar-refractivity contribution in [2.75, 3.05) is 32.5 Å². The first kappa shape index (κ1) is 16.1. The minimum atomic E-state index is -4.38. The van der Waals surface area contributed by atoms with Gasteiger partial charge in [-0.25, -0.2) is 0 Å². The van der Waals surface area contributed by atoms with Crippen LogP contribution in [-0.2, 0) is 17.5 Å². The van der Waals surface area contributed by atoms with Crippen LogP contribution in [0.3, 0.4) is 0 Å². The fraction of sp³-hybridized carbons (Fsp3) is 0.600. The highest BCUT2D eigenvalue weighted by Crippen LogP contribution is 2.33. The van der Waals surface area contributed by atoms with Gasteiger partial charge >= 0.3 is 6.18 Å². The van der Waals surface area contributed by atoms with E-state index in [-0.39, 0.29) is 17.8 Å². The molecule has 6 heteroatoms. The number of nitrogens with zero attached hydrogens (tertiary/aromatic N) is 1. The van der Waals surface area contributed by atoms with E-state index in [1.807, 2.05) is 4.90 Å². The topological polar surface area (TPSA) is 38.5 Å². The molecule has 1 saturated carbocycles. The summed E-state index contributed by atoms with van der Waals surface area (Å²) in [5, 5.41) is 0. The van der Waals surface area contributed by atoms with Crippen molar-refractivity contribution in [1.29, 1.82) is 0 Å². The van der Waals surface area contributed by atoms with E-state index in [9.17, 15) is 13.2 Å². The number of likely N-dealkylation sites (N-methyl/N-ethyl adjacent to an activating group) is 1. The molecule has 3 nitrogen and oxygen atoms in total. The normalized spacial score (nSPS) is 15.7. The van der Waals surface area contributed by atoms with Gasteiger partial charge in [-0.3, -0.25) is 4.90 Å². The first-order valence-corrected chi connectivity index (χ1v) is 7.08. The molecule has 1 aromatic rings. The van der Waals surface area contributed by atoms with Crippen molar-refractivity contribution in [3.63, 3.8) is 0 Å². The van der Waals surface area contributed by atoms with Gasteiger partial charge in [0.15, 0.2) is 0 Å². The van der Waals surface area contributed by atoms with Gasteiger partial charge in [0.2, 0.25) is 0 Å². The molecule has 0 aromatic heterocycles. The third-order valence-electron chi connectivity index (χ3n) is 3.55. The SMILES string of the molecule is CN(CCOCC1CC1)Cc1ccc(N)cc1C(F)(F)F. The molecule has 1 fully saturated rings. The van der Waals surface area contributed by atoms with Gasteiger partial charge in [-0.05, 0) is 43.5 Å². The number of halogens is 3. The molecule has 0 heterocycles. The summed E-state index contributed by atoms with van der Waals surface area (Å²) in [6.45, 7) is 2.14. The molecule has 1 aliphatic rings. The second-order valence-corrected chi connectivity index (χ2v) is 5.67. The van der Waals surface area contributed by atoms with Crippen LogP contribution in [0.2, 0.25) is 0 Å². The standard InChI is InChI=1S/C15H21F3N2O/c1-20(6-7-21-10-11-2-3-11)9-12-4-5-13(19)8-14(12)15(16,17)18/h4-5,8,11H,2-3,6-7,9-10,19H2,1H3. The summed E-state index contributed by atoms with van der Waals surface area (Å²) in [7, 11) is 1.79. The molecule has 21 heavy (non-hydrogen) atoms. The summed E-state index contributed by atoms with van der Waals surface area (Å²) < 4.78 is 44.4. The molecule has 118 valence electrons. The van der Waals surface area contributed by atoms with Crippen molar-refractivity contribution < 1.29 is 17.9 Å². The van der Waals surface area contributed by atoms with Crippen LogP contribution in [0, 0.1) is 5.92 Å². The number of hydrogen-bond donors (Lipinski definition) is 1. The lowest BCUT2D eigenvalue weighted by Gasteiger charge is -2.20. The first-order chi connectivity index (χ1) is 9.86. The van der Waals surface area contributed by atoms with Gasteiger partial charge in [-0.1, -0.05) is 6.07 Å². The van der Waals surface area contributed by atoms with Crippen molar-refractivity contribution in [1.82, 2.24) is 4.90 Å². The number of nitrogens with two attached hydrogens (primary N) is 1. The lowest BCUT2D eigenvalue weighted by Crippen LogP contribution is -2.24. The second-order valence-electron chi connectivity index (χ2n) is 5.67. The Kier molecular flexibility index (Phi) is 5.11. The zero-order chi connectivity index (χ0) is 15.5. The van der Waals surface area contributed by atoms with Crippen LogP contribution in [-0.4, -0.2) is 31.7 Å². The van der Waals surface area contributed by atoms with Crippen LogP contribution < -0.4 is 5.73 Å². The van der Waals surface area contributed by atoms with E-state index in [1.54, 1.807) is 7.05 Å². The number of alkyl halides is 3. The number of nitrogen functional groups attached to an aromatic ring is 1. The van der Waals surface area contributed by atoms with Gasteiger partial charge in [-0.15, -0.1) is 0 Å². The van der Waals surface area contributed by atoms with E-state index in [0.29, 0.717) is 19.1 Å². The zero-order valence-electron chi connectivity index (χ0n) is 12.1.